The summed E-state index contributed by atoms with van der Waals surface area (Å²) in [7, 11) is 1.33. The van der Waals surface area contributed by atoms with E-state index in [-0.39, 0.29) is 11.5 Å². The van der Waals surface area contributed by atoms with Crippen molar-refractivity contribution in [3.8, 4) is 0 Å². The number of likely N-dealkylation sites (tertiary alicyclic amines) is 1. The third-order valence-corrected chi connectivity index (χ3v) is 4.34. The zero-order valence-corrected chi connectivity index (χ0v) is 14.3. The topological polar surface area (TPSA) is 80.6 Å². The molecule has 2 heterocycles. The number of ether oxygens (including phenoxy) is 1. The Morgan fingerprint density at radius 1 is 1.33 bits per heavy atom. The van der Waals surface area contributed by atoms with E-state index >= 15 is 0 Å². The van der Waals surface area contributed by atoms with Gasteiger partial charge >= 0.3 is 6.09 Å². The van der Waals surface area contributed by atoms with Crippen LogP contribution in [0.2, 0.25) is 0 Å². The summed E-state index contributed by atoms with van der Waals surface area (Å²) in [5, 5.41) is 2.87. The second-order valence-electron chi connectivity index (χ2n) is 5.98. The second kappa shape index (κ2) is 8.52. The fourth-order valence-electron chi connectivity index (χ4n) is 3.02. The maximum absolute atomic E-state index is 12.3. The number of hydrogen-bond donors (Lipinski definition) is 1. The largest absolute Gasteiger partial charge is 0.453 e. The van der Waals surface area contributed by atoms with E-state index in [2.05, 4.69) is 5.32 Å². The van der Waals surface area contributed by atoms with Crippen LogP contribution in [0.3, 0.4) is 0 Å². The van der Waals surface area contributed by atoms with Crippen LogP contribution in [0.4, 0.5) is 4.79 Å². The van der Waals surface area contributed by atoms with Gasteiger partial charge in [0.1, 0.15) is 6.04 Å². The molecular formula is C17H25N3O4. The number of pyridine rings is 1. The molecule has 0 saturated carbocycles. The highest BCUT2D eigenvalue weighted by Crippen LogP contribution is 2.18. The monoisotopic (exact) mass is 335 g/mol. The first-order valence-corrected chi connectivity index (χ1v) is 8.33. The molecule has 1 saturated heterocycles. The van der Waals surface area contributed by atoms with Gasteiger partial charge in [-0.1, -0.05) is 6.07 Å². The summed E-state index contributed by atoms with van der Waals surface area (Å²) in [5.41, 5.74) is 0.864. The average molecular weight is 335 g/mol. The maximum Gasteiger partial charge on any atom is 0.410 e. The third-order valence-electron chi connectivity index (χ3n) is 4.34. The lowest BCUT2D eigenvalue weighted by Gasteiger charge is -2.33. The van der Waals surface area contributed by atoms with Crippen molar-refractivity contribution < 1.29 is 14.3 Å². The Kier molecular flexibility index (Phi) is 6.40. The minimum Gasteiger partial charge on any atom is -0.453 e. The maximum atomic E-state index is 12.3. The van der Waals surface area contributed by atoms with Crippen LogP contribution < -0.4 is 10.9 Å². The van der Waals surface area contributed by atoms with Crippen LogP contribution in [0.25, 0.3) is 0 Å². The molecule has 2 rings (SSSR count). The first kappa shape index (κ1) is 18.0. The van der Waals surface area contributed by atoms with Crippen molar-refractivity contribution in [3.05, 3.63) is 34.2 Å². The third kappa shape index (κ3) is 4.37. The van der Waals surface area contributed by atoms with Crippen molar-refractivity contribution in [1.82, 2.24) is 14.8 Å². The zero-order valence-electron chi connectivity index (χ0n) is 14.3. The molecule has 1 fully saturated rings. The summed E-state index contributed by atoms with van der Waals surface area (Å²) >= 11 is 0. The Morgan fingerprint density at radius 2 is 2.12 bits per heavy atom. The molecule has 1 aromatic rings. The van der Waals surface area contributed by atoms with Gasteiger partial charge in [-0.25, -0.2) is 4.79 Å². The Morgan fingerprint density at radius 3 is 2.83 bits per heavy atom. The number of carbonyl (C=O) groups is 2. The first-order valence-electron chi connectivity index (χ1n) is 8.33. The first-order chi connectivity index (χ1) is 11.5. The van der Waals surface area contributed by atoms with Crippen molar-refractivity contribution in [3.63, 3.8) is 0 Å². The van der Waals surface area contributed by atoms with Gasteiger partial charge in [0, 0.05) is 31.4 Å². The van der Waals surface area contributed by atoms with Gasteiger partial charge in [-0.3, -0.25) is 14.5 Å². The number of carbonyl (C=O) groups excluding carboxylic acids is 2. The molecule has 0 aromatic carbocycles. The van der Waals surface area contributed by atoms with Crippen LogP contribution >= 0.6 is 0 Å². The molecule has 0 radical (unpaired) electrons. The van der Waals surface area contributed by atoms with Crippen molar-refractivity contribution in [2.75, 3.05) is 20.2 Å². The molecule has 0 unspecified atom stereocenters. The summed E-state index contributed by atoms with van der Waals surface area (Å²) in [6.45, 7) is 3.45. The molecule has 0 spiro atoms. The number of piperidine rings is 1. The second-order valence-corrected chi connectivity index (χ2v) is 5.98. The summed E-state index contributed by atoms with van der Waals surface area (Å²) in [6.07, 6.45) is 2.65. The molecule has 1 N–H and O–H groups in total. The summed E-state index contributed by atoms with van der Waals surface area (Å²) < 4.78 is 6.44. The minimum atomic E-state index is -0.465. The van der Waals surface area contributed by atoms with E-state index in [0.29, 0.717) is 32.5 Å². The number of hydrogen-bond acceptors (Lipinski definition) is 4. The number of amides is 2. The molecule has 24 heavy (non-hydrogen) atoms. The van der Waals surface area contributed by atoms with E-state index in [1.165, 1.54) is 18.1 Å². The van der Waals surface area contributed by atoms with Gasteiger partial charge in [0.25, 0.3) is 5.56 Å². The molecule has 0 bridgehead atoms. The Balaban J connectivity index is 1.84. The predicted octanol–water partition coefficient (Wildman–Crippen LogP) is 1.28. The van der Waals surface area contributed by atoms with Gasteiger partial charge < -0.3 is 14.6 Å². The number of rotatable bonds is 5. The summed E-state index contributed by atoms with van der Waals surface area (Å²) in [4.78, 5) is 37.4. The summed E-state index contributed by atoms with van der Waals surface area (Å²) in [6, 6.07) is 4.69. The molecule has 2 amide bonds. The number of methoxy groups -OCH3 is 1. The van der Waals surface area contributed by atoms with E-state index in [9.17, 15) is 14.4 Å². The molecular weight excluding hydrogens is 310 g/mol. The fraction of sp³-hybridized carbons (Fsp3) is 0.588. The van der Waals surface area contributed by atoms with Gasteiger partial charge in [0.15, 0.2) is 0 Å². The van der Waals surface area contributed by atoms with E-state index in [1.807, 2.05) is 13.0 Å². The van der Waals surface area contributed by atoms with E-state index in [4.69, 9.17) is 4.74 Å². The van der Waals surface area contributed by atoms with Gasteiger partial charge in [-0.15, -0.1) is 0 Å². The normalized spacial score (nSPS) is 17.4. The van der Waals surface area contributed by atoms with Gasteiger partial charge in [-0.05, 0) is 38.7 Å². The van der Waals surface area contributed by atoms with Crippen LogP contribution in [0.15, 0.2) is 23.0 Å². The SMILES string of the molecule is COC(=O)N1CCCC[C@@H]1C(=O)NCCCn1c(C)cccc1=O. The van der Waals surface area contributed by atoms with E-state index in [1.54, 1.807) is 10.6 Å². The molecule has 0 aliphatic carbocycles. The molecule has 7 nitrogen and oxygen atoms in total. The highest BCUT2D eigenvalue weighted by atomic mass is 16.5. The molecule has 132 valence electrons. The molecule has 1 aliphatic heterocycles. The van der Waals surface area contributed by atoms with Crippen LogP contribution in [-0.2, 0) is 16.1 Å². The lowest BCUT2D eigenvalue weighted by molar-refractivity contribution is -0.127. The van der Waals surface area contributed by atoms with Crippen molar-refractivity contribution in [2.24, 2.45) is 0 Å². The van der Waals surface area contributed by atoms with E-state index < -0.39 is 12.1 Å². The van der Waals surface area contributed by atoms with Crippen molar-refractivity contribution >= 4 is 12.0 Å². The number of nitrogens with one attached hydrogen (secondary N) is 1. The lowest BCUT2D eigenvalue weighted by atomic mass is 10.0. The fourth-order valence-corrected chi connectivity index (χ4v) is 3.02. The Hall–Kier alpha value is -2.31. The van der Waals surface area contributed by atoms with Crippen molar-refractivity contribution in [2.45, 2.75) is 45.2 Å². The quantitative estimate of drug-likeness (QED) is 0.822. The van der Waals surface area contributed by atoms with E-state index in [0.717, 1.165) is 18.5 Å². The lowest BCUT2D eigenvalue weighted by Crippen LogP contribution is -2.52. The van der Waals surface area contributed by atoms with Crippen LogP contribution in [-0.4, -0.2) is 47.7 Å². The standard InChI is InChI=1S/C17H25N3O4/c1-13-7-5-9-15(21)19(13)12-6-10-18-16(22)14-8-3-4-11-20(14)17(23)24-2/h5,7,9,14H,3-4,6,8,10-12H2,1-2H3,(H,18,22)/t14-/m1/s1. The van der Waals surface area contributed by atoms with Gasteiger partial charge in [-0.2, -0.15) is 0 Å². The van der Waals surface area contributed by atoms with Gasteiger partial charge in [0.05, 0.1) is 7.11 Å². The zero-order chi connectivity index (χ0) is 17.5. The van der Waals surface area contributed by atoms with Gasteiger partial charge in [0.2, 0.25) is 5.91 Å². The number of aryl methyl sites for hydroxylation is 1. The van der Waals surface area contributed by atoms with Crippen LogP contribution in [0, 0.1) is 6.92 Å². The molecule has 1 atom stereocenters. The van der Waals surface area contributed by atoms with Crippen molar-refractivity contribution in [1.29, 1.82) is 0 Å². The number of aromatic nitrogens is 1. The Labute approximate surface area is 141 Å². The summed E-state index contributed by atoms with van der Waals surface area (Å²) in [5.74, 6) is -0.155. The van der Waals surface area contributed by atoms with Crippen LogP contribution in [0.1, 0.15) is 31.4 Å². The molecule has 7 heteroatoms. The number of nitrogens with zero attached hydrogens (tertiary/aromatic N) is 2. The van der Waals surface area contributed by atoms with Crippen LogP contribution in [0.5, 0.6) is 0 Å². The Bertz CT molecular complexity index is 641. The smallest absolute Gasteiger partial charge is 0.410 e. The molecule has 1 aliphatic rings. The average Bonchev–Trinajstić information content (AvgIpc) is 2.59. The highest BCUT2D eigenvalue weighted by molar-refractivity contribution is 5.85. The predicted molar refractivity (Wildman–Crippen MR) is 89.8 cm³/mol. The molecule has 1 aromatic heterocycles. The minimum absolute atomic E-state index is 0.0366. The highest BCUT2D eigenvalue weighted by Gasteiger charge is 2.32.